The summed E-state index contributed by atoms with van der Waals surface area (Å²) in [4.78, 5) is 11.8. The second kappa shape index (κ2) is 10.7. The number of carboxylic acids is 1. The van der Waals surface area contributed by atoms with E-state index in [-0.39, 0.29) is 6.61 Å². The number of carbonyl (C=O) groups is 1. The predicted molar refractivity (Wildman–Crippen MR) is 124 cm³/mol. The Morgan fingerprint density at radius 3 is 2.33 bits per heavy atom. The molecule has 3 aromatic rings. The lowest BCUT2D eigenvalue weighted by Crippen LogP contribution is -2.09. The van der Waals surface area contributed by atoms with E-state index >= 15 is 0 Å². The van der Waals surface area contributed by atoms with Gasteiger partial charge < -0.3 is 9.84 Å². The fourth-order valence-electron chi connectivity index (χ4n) is 3.17. The minimum Gasteiger partial charge on any atom is -0.482 e. The Balaban J connectivity index is 1.76. The summed E-state index contributed by atoms with van der Waals surface area (Å²) < 4.78 is 5.31. The molecule has 3 aromatic carbocycles. The number of aryl methyl sites for hydroxylation is 2. The molecule has 0 bridgehead atoms. The standard InChI is InChI=1S/C26H26O3S/c1-3-20-9-11-22(12-10-20)24(21-7-5-4-6-8-21)15-16-30-23-13-14-25(19(2)17-23)29-18-26(27)28/h4-15,17H,3,16,18H2,1-2H3,(H,27,28). The van der Waals surface area contributed by atoms with Crippen LogP contribution in [0.3, 0.4) is 0 Å². The van der Waals surface area contributed by atoms with Crippen molar-refractivity contribution in [2.45, 2.75) is 25.2 Å². The Labute approximate surface area is 182 Å². The average Bonchev–Trinajstić information content (AvgIpc) is 2.77. The minimum absolute atomic E-state index is 0.326. The molecule has 0 aliphatic rings. The zero-order valence-electron chi connectivity index (χ0n) is 17.3. The quantitative estimate of drug-likeness (QED) is 0.418. The molecular formula is C26H26O3S. The van der Waals surface area contributed by atoms with Gasteiger partial charge in [0.15, 0.2) is 6.61 Å². The molecular weight excluding hydrogens is 392 g/mol. The molecule has 0 saturated heterocycles. The lowest BCUT2D eigenvalue weighted by Gasteiger charge is -2.11. The molecule has 0 fully saturated rings. The molecule has 0 aliphatic carbocycles. The van der Waals surface area contributed by atoms with Gasteiger partial charge in [-0.3, -0.25) is 0 Å². The predicted octanol–water partition coefficient (Wildman–Crippen LogP) is 6.24. The minimum atomic E-state index is -0.974. The van der Waals surface area contributed by atoms with E-state index in [1.54, 1.807) is 11.8 Å². The fraction of sp³-hybridized carbons (Fsp3) is 0.192. The van der Waals surface area contributed by atoms with Crippen molar-refractivity contribution in [2.75, 3.05) is 12.4 Å². The van der Waals surface area contributed by atoms with Crippen molar-refractivity contribution in [1.82, 2.24) is 0 Å². The van der Waals surface area contributed by atoms with Crippen molar-refractivity contribution >= 4 is 23.3 Å². The van der Waals surface area contributed by atoms with Crippen LogP contribution in [0.25, 0.3) is 5.57 Å². The number of thioether (sulfide) groups is 1. The van der Waals surface area contributed by atoms with E-state index in [0.29, 0.717) is 5.75 Å². The largest absolute Gasteiger partial charge is 0.482 e. The molecule has 0 aromatic heterocycles. The summed E-state index contributed by atoms with van der Waals surface area (Å²) >= 11 is 1.74. The van der Waals surface area contributed by atoms with Crippen molar-refractivity contribution in [3.05, 3.63) is 101 Å². The Morgan fingerprint density at radius 1 is 1.00 bits per heavy atom. The van der Waals surface area contributed by atoms with E-state index < -0.39 is 5.97 Å². The molecule has 0 spiro atoms. The average molecular weight is 419 g/mol. The van der Waals surface area contributed by atoms with E-state index in [1.807, 2.05) is 31.2 Å². The van der Waals surface area contributed by atoms with Crippen molar-refractivity contribution < 1.29 is 14.6 Å². The number of carboxylic acid groups (broad SMARTS) is 1. The maximum atomic E-state index is 10.7. The smallest absolute Gasteiger partial charge is 0.341 e. The number of hydrogen-bond donors (Lipinski definition) is 1. The molecule has 0 aliphatic heterocycles. The summed E-state index contributed by atoms with van der Waals surface area (Å²) in [7, 11) is 0. The van der Waals surface area contributed by atoms with Crippen LogP contribution in [0.4, 0.5) is 0 Å². The Hall–Kier alpha value is -2.98. The summed E-state index contributed by atoms with van der Waals surface area (Å²) in [6.07, 6.45) is 3.30. The zero-order chi connectivity index (χ0) is 21.3. The SMILES string of the molecule is CCc1ccc(C(=CCSc2ccc(OCC(=O)O)c(C)c2)c2ccccc2)cc1. The third kappa shape index (κ3) is 6.01. The maximum absolute atomic E-state index is 10.7. The van der Waals surface area contributed by atoms with Crippen LogP contribution in [-0.4, -0.2) is 23.4 Å². The number of benzene rings is 3. The number of hydrogen-bond acceptors (Lipinski definition) is 3. The van der Waals surface area contributed by atoms with Gasteiger partial charge in [0, 0.05) is 10.6 Å². The summed E-state index contributed by atoms with van der Waals surface area (Å²) in [5.74, 6) is 0.464. The fourth-order valence-corrected chi connectivity index (χ4v) is 4.04. The highest BCUT2D eigenvalue weighted by Gasteiger charge is 2.07. The Kier molecular flexibility index (Phi) is 7.75. The molecule has 0 unspecified atom stereocenters. The van der Waals surface area contributed by atoms with E-state index in [4.69, 9.17) is 9.84 Å². The molecule has 30 heavy (non-hydrogen) atoms. The van der Waals surface area contributed by atoms with E-state index in [2.05, 4.69) is 61.5 Å². The van der Waals surface area contributed by atoms with Crippen molar-refractivity contribution in [3.8, 4) is 5.75 Å². The second-order valence-electron chi connectivity index (χ2n) is 6.96. The lowest BCUT2D eigenvalue weighted by atomic mass is 9.96. The van der Waals surface area contributed by atoms with Gasteiger partial charge >= 0.3 is 5.97 Å². The van der Waals surface area contributed by atoms with Gasteiger partial charge in [-0.25, -0.2) is 4.79 Å². The first-order chi connectivity index (χ1) is 14.6. The summed E-state index contributed by atoms with van der Waals surface area (Å²) in [5.41, 5.74) is 5.91. The molecule has 154 valence electrons. The first kappa shape index (κ1) is 21.7. The van der Waals surface area contributed by atoms with Crippen LogP contribution in [0.2, 0.25) is 0 Å². The molecule has 0 radical (unpaired) electrons. The van der Waals surface area contributed by atoms with Gasteiger partial charge in [-0.15, -0.1) is 11.8 Å². The number of ether oxygens (including phenoxy) is 1. The maximum Gasteiger partial charge on any atom is 0.341 e. The van der Waals surface area contributed by atoms with Crippen LogP contribution in [0.5, 0.6) is 5.75 Å². The topological polar surface area (TPSA) is 46.5 Å². The molecule has 3 rings (SSSR count). The molecule has 0 atom stereocenters. The van der Waals surface area contributed by atoms with Crippen molar-refractivity contribution in [1.29, 1.82) is 0 Å². The van der Waals surface area contributed by atoms with Crippen LogP contribution in [0.1, 0.15) is 29.2 Å². The van der Waals surface area contributed by atoms with Crippen LogP contribution in [0.15, 0.2) is 83.8 Å². The second-order valence-corrected chi connectivity index (χ2v) is 8.05. The Morgan fingerprint density at radius 2 is 1.70 bits per heavy atom. The van der Waals surface area contributed by atoms with Crippen LogP contribution in [-0.2, 0) is 11.2 Å². The first-order valence-corrected chi connectivity index (χ1v) is 11.0. The number of aliphatic carboxylic acids is 1. The van der Waals surface area contributed by atoms with Gasteiger partial charge in [0.1, 0.15) is 5.75 Å². The molecule has 3 nitrogen and oxygen atoms in total. The highest BCUT2D eigenvalue weighted by molar-refractivity contribution is 7.99. The number of rotatable bonds is 9. The van der Waals surface area contributed by atoms with Gasteiger partial charge in [-0.2, -0.15) is 0 Å². The lowest BCUT2D eigenvalue weighted by molar-refractivity contribution is -0.139. The van der Waals surface area contributed by atoms with E-state index in [1.165, 1.54) is 22.3 Å². The monoisotopic (exact) mass is 418 g/mol. The van der Waals surface area contributed by atoms with E-state index in [0.717, 1.165) is 22.6 Å². The van der Waals surface area contributed by atoms with Gasteiger partial charge in [-0.1, -0.05) is 67.6 Å². The molecule has 0 heterocycles. The molecule has 0 saturated carbocycles. The Bertz CT molecular complexity index is 1010. The van der Waals surface area contributed by atoms with E-state index in [9.17, 15) is 4.79 Å². The summed E-state index contributed by atoms with van der Waals surface area (Å²) in [6.45, 7) is 3.77. The zero-order valence-corrected chi connectivity index (χ0v) is 18.1. The van der Waals surface area contributed by atoms with Crippen molar-refractivity contribution in [3.63, 3.8) is 0 Å². The highest BCUT2D eigenvalue weighted by Crippen LogP contribution is 2.29. The normalized spacial score (nSPS) is 11.3. The molecule has 1 N–H and O–H groups in total. The van der Waals surface area contributed by atoms with Gasteiger partial charge in [0.05, 0.1) is 0 Å². The third-order valence-electron chi connectivity index (χ3n) is 4.79. The first-order valence-electron chi connectivity index (χ1n) is 9.99. The van der Waals surface area contributed by atoms with Gasteiger partial charge in [0.25, 0.3) is 0 Å². The summed E-state index contributed by atoms with van der Waals surface area (Å²) in [5, 5.41) is 8.77. The molecule has 0 amide bonds. The van der Waals surface area contributed by atoms with Crippen molar-refractivity contribution in [2.24, 2.45) is 0 Å². The van der Waals surface area contributed by atoms with Gasteiger partial charge in [0.2, 0.25) is 0 Å². The molecule has 4 heteroatoms. The van der Waals surface area contributed by atoms with Crippen LogP contribution >= 0.6 is 11.8 Å². The third-order valence-corrected chi connectivity index (χ3v) is 5.71. The van der Waals surface area contributed by atoms with Crippen LogP contribution in [0, 0.1) is 6.92 Å². The highest BCUT2D eigenvalue weighted by atomic mass is 32.2. The van der Waals surface area contributed by atoms with Crippen LogP contribution < -0.4 is 4.74 Å². The summed E-state index contributed by atoms with van der Waals surface area (Å²) in [6, 6.07) is 25.1. The van der Waals surface area contributed by atoms with Gasteiger partial charge in [-0.05, 0) is 59.4 Å².